The van der Waals surface area contributed by atoms with E-state index in [1.807, 2.05) is 42.6 Å². The first-order valence-corrected chi connectivity index (χ1v) is 6.52. The van der Waals surface area contributed by atoms with Gasteiger partial charge in [-0.25, -0.2) is 4.52 Å². The van der Waals surface area contributed by atoms with Gasteiger partial charge in [-0.3, -0.25) is 0 Å². The lowest BCUT2D eigenvalue weighted by Gasteiger charge is -2.08. The highest BCUT2D eigenvalue weighted by molar-refractivity contribution is 6.28. The lowest BCUT2D eigenvalue weighted by molar-refractivity contribution is 0.414. The number of methoxy groups -OCH3 is 1. The van der Waals surface area contributed by atoms with Crippen LogP contribution in [0.1, 0.15) is 5.56 Å². The first-order chi connectivity index (χ1) is 9.76. The van der Waals surface area contributed by atoms with Crippen molar-refractivity contribution >= 4 is 22.9 Å². The van der Waals surface area contributed by atoms with Gasteiger partial charge in [0.25, 0.3) is 0 Å². The van der Waals surface area contributed by atoms with E-state index in [9.17, 15) is 0 Å². The molecule has 0 aliphatic rings. The van der Waals surface area contributed by atoms with E-state index >= 15 is 0 Å². The van der Waals surface area contributed by atoms with Crippen LogP contribution in [0, 0.1) is 0 Å². The van der Waals surface area contributed by atoms with Crippen LogP contribution in [-0.2, 0) is 6.54 Å². The molecule has 0 unspecified atom stereocenters. The number of nitrogens with one attached hydrogen (secondary N) is 1. The molecule has 2 heterocycles. The summed E-state index contributed by atoms with van der Waals surface area (Å²) >= 11 is 5.82. The number of anilines is 1. The monoisotopic (exact) mass is 288 g/mol. The summed E-state index contributed by atoms with van der Waals surface area (Å²) in [5, 5.41) is 7.63. The molecular weight excluding hydrogens is 276 g/mol. The number of pyridine rings is 1. The van der Waals surface area contributed by atoms with Crippen LogP contribution in [0.2, 0.25) is 5.28 Å². The second-order valence-electron chi connectivity index (χ2n) is 4.28. The van der Waals surface area contributed by atoms with Crippen LogP contribution >= 0.6 is 11.6 Å². The van der Waals surface area contributed by atoms with Gasteiger partial charge in [-0.05, 0) is 41.4 Å². The van der Waals surface area contributed by atoms with Gasteiger partial charge in [-0.1, -0.05) is 12.1 Å². The number of aromatic nitrogens is 3. The molecule has 20 heavy (non-hydrogen) atoms. The molecule has 6 heteroatoms. The van der Waals surface area contributed by atoms with E-state index in [0.717, 1.165) is 17.0 Å². The maximum atomic E-state index is 5.82. The Labute approximate surface area is 121 Å². The summed E-state index contributed by atoms with van der Waals surface area (Å²) in [5.74, 6) is 0.841. The highest BCUT2D eigenvalue weighted by Gasteiger charge is 2.06. The predicted molar refractivity (Wildman–Crippen MR) is 78.3 cm³/mol. The van der Waals surface area contributed by atoms with Crippen molar-refractivity contribution in [2.45, 2.75) is 6.54 Å². The standard InChI is InChI=1S/C14H13ClN4O/c1-20-11-5-2-4-10(8-11)9-16-12-6-3-7-19-13(12)17-14(15)18-19/h2-8,16H,9H2,1H3. The Hall–Kier alpha value is -2.27. The molecule has 0 amide bonds. The first kappa shape index (κ1) is 12.7. The van der Waals surface area contributed by atoms with E-state index in [4.69, 9.17) is 16.3 Å². The number of hydrogen-bond donors (Lipinski definition) is 1. The number of fused-ring (bicyclic) bond motifs is 1. The van der Waals surface area contributed by atoms with Crippen molar-refractivity contribution in [1.82, 2.24) is 14.6 Å². The number of rotatable bonds is 4. The average molecular weight is 289 g/mol. The van der Waals surface area contributed by atoms with Crippen molar-refractivity contribution in [3.63, 3.8) is 0 Å². The van der Waals surface area contributed by atoms with Crippen molar-refractivity contribution in [1.29, 1.82) is 0 Å². The molecule has 102 valence electrons. The molecule has 0 bridgehead atoms. The summed E-state index contributed by atoms with van der Waals surface area (Å²) in [4.78, 5) is 4.19. The van der Waals surface area contributed by atoms with Gasteiger partial charge < -0.3 is 10.1 Å². The maximum Gasteiger partial charge on any atom is 0.243 e. The minimum atomic E-state index is 0.237. The van der Waals surface area contributed by atoms with Crippen molar-refractivity contribution < 1.29 is 4.74 Å². The van der Waals surface area contributed by atoms with Crippen LogP contribution < -0.4 is 10.1 Å². The number of ether oxygens (including phenoxy) is 1. The lowest BCUT2D eigenvalue weighted by atomic mass is 10.2. The zero-order valence-corrected chi connectivity index (χ0v) is 11.6. The molecule has 0 radical (unpaired) electrons. The molecule has 1 N–H and O–H groups in total. The summed E-state index contributed by atoms with van der Waals surface area (Å²) in [6, 6.07) is 11.7. The quantitative estimate of drug-likeness (QED) is 0.802. The van der Waals surface area contributed by atoms with Crippen molar-refractivity contribution in [3.8, 4) is 5.75 Å². The summed E-state index contributed by atoms with van der Waals surface area (Å²) in [7, 11) is 1.66. The van der Waals surface area contributed by atoms with Gasteiger partial charge in [0.2, 0.25) is 5.28 Å². The molecule has 3 rings (SSSR count). The van der Waals surface area contributed by atoms with Crippen LogP contribution in [0.5, 0.6) is 5.75 Å². The lowest BCUT2D eigenvalue weighted by Crippen LogP contribution is -2.02. The summed E-state index contributed by atoms with van der Waals surface area (Å²) in [5.41, 5.74) is 2.71. The molecule has 0 atom stereocenters. The third kappa shape index (κ3) is 2.53. The Kier molecular flexibility index (Phi) is 3.43. The molecular formula is C14H13ClN4O. The van der Waals surface area contributed by atoms with Crippen LogP contribution in [0.4, 0.5) is 5.69 Å². The van der Waals surface area contributed by atoms with Crippen molar-refractivity contribution in [3.05, 3.63) is 53.4 Å². The van der Waals surface area contributed by atoms with Crippen LogP contribution in [0.25, 0.3) is 5.65 Å². The van der Waals surface area contributed by atoms with Gasteiger partial charge in [-0.2, -0.15) is 4.98 Å². The van der Waals surface area contributed by atoms with E-state index in [0.29, 0.717) is 12.2 Å². The average Bonchev–Trinajstić information content (AvgIpc) is 2.86. The molecule has 0 spiro atoms. The molecule has 0 aliphatic heterocycles. The zero-order chi connectivity index (χ0) is 13.9. The molecule has 0 saturated heterocycles. The zero-order valence-electron chi connectivity index (χ0n) is 10.9. The van der Waals surface area contributed by atoms with E-state index in [1.165, 1.54) is 0 Å². The normalized spacial score (nSPS) is 10.7. The van der Waals surface area contributed by atoms with E-state index in [-0.39, 0.29) is 5.28 Å². The van der Waals surface area contributed by atoms with Crippen LogP contribution in [0.15, 0.2) is 42.6 Å². The summed E-state index contributed by atoms with van der Waals surface area (Å²) < 4.78 is 6.86. The molecule has 0 fully saturated rings. The number of hydrogen-bond acceptors (Lipinski definition) is 4. The van der Waals surface area contributed by atoms with E-state index in [1.54, 1.807) is 11.6 Å². The van der Waals surface area contributed by atoms with Crippen molar-refractivity contribution in [2.24, 2.45) is 0 Å². The third-order valence-corrected chi connectivity index (χ3v) is 3.11. The summed E-state index contributed by atoms with van der Waals surface area (Å²) in [6.07, 6.45) is 1.81. The second kappa shape index (κ2) is 5.38. The maximum absolute atomic E-state index is 5.82. The van der Waals surface area contributed by atoms with Gasteiger partial charge in [0.1, 0.15) is 5.75 Å². The van der Waals surface area contributed by atoms with Crippen LogP contribution in [-0.4, -0.2) is 21.7 Å². The predicted octanol–water partition coefficient (Wildman–Crippen LogP) is 3.00. The van der Waals surface area contributed by atoms with E-state index < -0.39 is 0 Å². The minimum Gasteiger partial charge on any atom is -0.497 e. The SMILES string of the molecule is COc1cccc(CNc2cccn3nc(Cl)nc23)c1. The molecule has 1 aromatic carbocycles. The Morgan fingerprint density at radius 3 is 3.05 bits per heavy atom. The highest BCUT2D eigenvalue weighted by Crippen LogP contribution is 2.18. The first-order valence-electron chi connectivity index (χ1n) is 6.14. The highest BCUT2D eigenvalue weighted by atomic mass is 35.5. The third-order valence-electron chi connectivity index (χ3n) is 2.95. The van der Waals surface area contributed by atoms with Gasteiger partial charge in [0, 0.05) is 12.7 Å². The Bertz CT molecular complexity index is 741. The fraction of sp³-hybridized carbons (Fsp3) is 0.143. The van der Waals surface area contributed by atoms with Crippen molar-refractivity contribution in [2.75, 3.05) is 12.4 Å². The van der Waals surface area contributed by atoms with Gasteiger partial charge in [0.15, 0.2) is 5.65 Å². The Morgan fingerprint density at radius 1 is 1.30 bits per heavy atom. The number of halogens is 1. The fourth-order valence-corrected chi connectivity index (χ4v) is 2.16. The minimum absolute atomic E-state index is 0.237. The van der Waals surface area contributed by atoms with Gasteiger partial charge >= 0.3 is 0 Å². The van der Waals surface area contributed by atoms with Gasteiger partial charge in [-0.15, -0.1) is 5.10 Å². The largest absolute Gasteiger partial charge is 0.497 e. The Balaban J connectivity index is 1.82. The fourth-order valence-electron chi connectivity index (χ4n) is 2.00. The Morgan fingerprint density at radius 2 is 2.20 bits per heavy atom. The smallest absolute Gasteiger partial charge is 0.243 e. The second-order valence-corrected chi connectivity index (χ2v) is 4.61. The summed E-state index contributed by atoms with van der Waals surface area (Å²) in [6.45, 7) is 0.668. The number of nitrogens with zero attached hydrogens (tertiary/aromatic N) is 3. The van der Waals surface area contributed by atoms with E-state index in [2.05, 4.69) is 15.4 Å². The number of benzene rings is 1. The molecule has 3 aromatic rings. The van der Waals surface area contributed by atoms with Crippen LogP contribution in [0.3, 0.4) is 0 Å². The topological polar surface area (TPSA) is 51.5 Å². The molecule has 5 nitrogen and oxygen atoms in total. The molecule has 0 aliphatic carbocycles. The van der Waals surface area contributed by atoms with Gasteiger partial charge in [0.05, 0.1) is 12.8 Å². The molecule has 0 saturated carbocycles. The molecule has 2 aromatic heterocycles.